The SMILES string of the molecule is CCOc1ccc(N2CC=C[C@@H]3S[C@]45C=CCN(c6c(C)cccc6Cl)C(=O)C4N([C@@H](CO)[C@@H](C)CC)C(=O)[C@@H]5[C@@H]3C2=O)cc1. The molecule has 2 aromatic carbocycles. The zero-order valence-corrected chi connectivity index (χ0v) is 27.6. The quantitative estimate of drug-likeness (QED) is 0.393. The summed E-state index contributed by atoms with van der Waals surface area (Å²) in [4.78, 5) is 49.3. The molecule has 0 aliphatic carbocycles. The summed E-state index contributed by atoms with van der Waals surface area (Å²) in [7, 11) is 0. The van der Waals surface area contributed by atoms with Gasteiger partial charge in [-0.3, -0.25) is 14.4 Å². The third-order valence-electron chi connectivity index (χ3n) is 9.86. The summed E-state index contributed by atoms with van der Waals surface area (Å²) in [6.07, 6.45) is 8.66. The van der Waals surface area contributed by atoms with E-state index in [0.29, 0.717) is 30.3 Å². The summed E-state index contributed by atoms with van der Waals surface area (Å²) >= 11 is 8.22. The minimum absolute atomic E-state index is 0.0729. The lowest BCUT2D eigenvalue weighted by Gasteiger charge is -2.40. The van der Waals surface area contributed by atoms with Crippen LogP contribution in [-0.2, 0) is 14.4 Å². The number of aliphatic hydroxyl groups excluding tert-OH is 1. The van der Waals surface area contributed by atoms with Crippen molar-refractivity contribution < 1.29 is 24.2 Å². The number of hydrogen-bond acceptors (Lipinski definition) is 6. The molecule has 3 amide bonds. The van der Waals surface area contributed by atoms with Gasteiger partial charge in [-0.1, -0.05) is 68.3 Å². The number of likely N-dealkylation sites (tertiary alicyclic amines) is 1. The highest BCUT2D eigenvalue weighted by molar-refractivity contribution is 8.02. The Morgan fingerprint density at radius 1 is 1.02 bits per heavy atom. The summed E-state index contributed by atoms with van der Waals surface area (Å²) in [6.45, 7) is 8.75. The van der Waals surface area contributed by atoms with Crippen LogP contribution in [0.4, 0.5) is 11.4 Å². The largest absolute Gasteiger partial charge is 0.494 e. The Morgan fingerprint density at radius 2 is 1.76 bits per heavy atom. The Kier molecular flexibility index (Phi) is 8.80. The second-order valence-electron chi connectivity index (χ2n) is 12.3. The second kappa shape index (κ2) is 12.5. The van der Waals surface area contributed by atoms with Gasteiger partial charge in [-0.05, 0) is 55.7 Å². The van der Waals surface area contributed by atoms with E-state index in [0.717, 1.165) is 17.0 Å². The van der Waals surface area contributed by atoms with Crippen molar-refractivity contribution in [3.8, 4) is 5.75 Å². The molecule has 2 fully saturated rings. The van der Waals surface area contributed by atoms with Gasteiger partial charge in [0.25, 0.3) is 5.91 Å². The maximum absolute atomic E-state index is 14.9. The van der Waals surface area contributed by atoms with Gasteiger partial charge < -0.3 is 24.5 Å². The molecule has 7 atom stereocenters. The molecule has 1 spiro atoms. The van der Waals surface area contributed by atoms with Gasteiger partial charge in [0, 0.05) is 24.0 Å². The van der Waals surface area contributed by atoms with Crippen LogP contribution < -0.4 is 14.5 Å². The highest BCUT2D eigenvalue weighted by Gasteiger charge is 2.72. The monoisotopic (exact) mass is 649 g/mol. The summed E-state index contributed by atoms with van der Waals surface area (Å²) < 4.78 is 4.60. The molecular weight excluding hydrogens is 610 g/mol. The predicted molar refractivity (Wildman–Crippen MR) is 179 cm³/mol. The Labute approximate surface area is 274 Å². The van der Waals surface area contributed by atoms with Gasteiger partial charge in [-0.25, -0.2) is 0 Å². The van der Waals surface area contributed by atoms with Crippen molar-refractivity contribution in [1.29, 1.82) is 0 Å². The lowest BCUT2D eigenvalue weighted by molar-refractivity contribution is -0.142. The fourth-order valence-electron chi connectivity index (χ4n) is 7.53. The molecule has 2 aromatic rings. The van der Waals surface area contributed by atoms with E-state index in [1.54, 1.807) is 20.8 Å². The minimum atomic E-state index is -1.00. The fraction of sp³-hybridized carbons (Fsp3) is 0.457. The van der Waals surface area contributed by atoms with E-state index in [-0.39, 0.29) is 42.0 Å². The highest BCUT2D eigenvalue weighted by atomic mass is 35.5. The van der Waals surface area contributed by atoms with Gasteiger partial charge in [-0.2, -0.15) is 0 Å². The Bertz CT molecular complexity index is 1530. The number of aryl methyl sites for hydroxylation is 1. The number of hydrogen-bond donors (Lipinski definition) is 1. The van der Waals surface area contributed by atoms with E-state index in [4.69, 9.17) is 16.3 Å². The summed E-state index contributed by atoms with van der Waals surface area (Å²) in [5, 5.41) is 10.9. The van der Waals surface area contributed by atoms with Crippen molar-refractivity contribution in [1.82, 2.24) is 4.90 Å². The zero-order valence-electron chi connectivity index (χ0n) is 26.1. The molecule has 0 saturated carbocycles. The molecule has 0 aromatic heterocycles. The van der Waals surface area contributed by atoms with E-state index in [1.165, 1.54) is 11.8 Å². The first kappa shape index (κ1) is 31.7. The molecule has 8 nitrogen and oxygen atoms in total. The average molecular weight is 650 g/mol. The third kappa shape index (κ3) is 5.07. The summed E-state index contributed by atoms with van der Waals surface area (Å²) in [5.74, 6) is -1.49. The van der Waals surface area contributed by atoms with Crippen LogP contribution in [0.3, 0.4) is 0 Å². The number of anilines is 2. The summed E-state index contributed by atoms with van der Waals surface area (Å²) in [5.41, 5.74) is 2.18. The van der Waals surface area contributed by atoms with Gasteiger partial charge >= 0.3 is 0 Å². The van der Waals surface area contributed by atoms with Crippen molar-refractivity contribution in [3.05, 3.63) is 77.4 Å². The number of halogens is 1. The standard InChI is InChI=1S/C35H40ClN3O5S/c1-5-21(3)26(20-40)39-31-34(43)38(30-22(4)10-7-11-25(30)36)19-9-17-35(31)29(33(39)42)28-27(45-35)12-8-18-37(32(28)41)23-13-15-24(16-14-23)44-6-2/h7-17,21,26-29,31,40H,5-6,18-20H2,1-4H3/t21-,26-,27-,28+,29-,31?,35-/m0/s1. The normalized spacial score (nSPS) is 28.8. The first-order chi connectivity index (χ1) is 21.7. The maximum Gasteiger partial charge on any atom is 0.251 e. The van der Waals surface area contributed by atoms with Crippen LogP contribution in [0.5, 0.6) is 5.75 Å². The molecule has 4 aliphatic rings. The fourth-order valence-corrected chi connectivity index (χ4v) is 9.85. The minimum Gasteiger partial charge on any atom is -0.494 e. The van der Waals surface area contributed by atoms with Gasteiger partial charge in [0.05, 0.1) is 46.5 Å². The third-order valence-corrected chi connectivity index (χ3v) is 11.9. The van der Waals surface area contributed by atoms with E-state index in [1.807, 2.05) is 88.4 Å². The van der Waals surface area contributed by atoms with Crippen molar-refractivity contribution in [2.75, 3.05) is 36.1 Å². The molecule has 4 aliphatic heterocycles. The van der Waals surface area contributed by atoms with Crippen LogP contribution in [0.1, 0.15) is 32.8 Å². The van der Waals surface area contributed by atoms with E-state index in [9.17, 15) is 19.5 Å². The number of aliphatic hydroxyl groups is 1. The number of ether oxygens (including phenoxy) is 1. The second-order valence-corrected chi connectivity index (χ2v) is 14.2. The summed E-state index contributed by atoms with van der Waals surface area (Å²) in [6, 6.07) is 11.4. The maximum atomic E-state index is 14.9. The number of carbonyl (C=O) groups excluding carboxylic acids is 3. The van der Waals surface area contributed by atoms with Gasteiger partial charge in [0.2, 0.25) is 11.8 Å². The number of nitrogens with zero attached hydrogens (tertiary/aromatic N) is 3. The predicted octanol–water partition coefficient (Wildman–Crippen LogP) is 5.26. The molecular formula is C35H40ClN3O5S. The van der Waals surface area contributed by atoms with Crippen LogP contribution in [0, 0.1) is 24.7 Å². The van der Waals surface area contributed by atoms with Crippen LogP contribution in [0.25, 0.3) is 0 Å². The lowest BCUT2D eigenvalue weighted by Crippen LogP contribution is -2.58. The van der Waals surface area contributed by atoms with Crippen molar-refractivity contribution >= 4 is 52.5 Å². The highest BCUT2D eigenvalue weighted by Crippen LogP contribution is 2.62. The number of fused-ring (bicyclic) bond motifs is 2. The molecule has 10 heteroatoms. The van der Waals surface area contributed by atoms with Crippen LogP contribution >= 0.6 is 23.4 Å². The van der Waals surface area contributed by atoms with Crippen molar-refractivity contribution in [2.45, 2.75) is 56.2 Å². The smallest absolute Gasteiger partial charge is 0.251 e. The molecule has 238 valence electrons. The molecule has 6 rings (SSSR count). The average Bonchev–Trinajstić information content (AvgIpc) is 3.34. The molecule has 1 unspecified atom stereocenters. The van der Waals surface area contributed by atoms with Gasteiger partial charge in [0.15, 0.2) is 0 Å². The van der Waals surface area contributed by atoms with Crippen molar-refractivity contribution in [3.63, 3.8) is 0 Å². The Morgan fingerprint density at radius 3 is 2.42 bits per heavy atom. The van der Waals surface area contributed by atoms with Crippen LogP contribution in [-0.4, -0.2) is 76.1 Å². The zero-order chi connectivity index (χ0) is 32.0. The molecule has 0 bridgehead atoms. The molecule has 0 radical (unpaired) electrons. The molecule has 1 N–H and O–H groups in total. The van der Waals surface area contributed by atoms with Crippen LogP contribution in [0.2, 0.25) is 5.02 Å². The number of thioether (sulfide) groups is 1. The number of carbonyl (C=O) groups is 3. The topological polar surface area (TPSA) is 90.4 Å². The van der Waals surface area contributed by atoms with Crippen LogP contribution in [0.15, 0.2) is 66.8 Å². The first-order valence-electron chi connectivity index (χ1n) is 15.7. The van der Waals surface area contributed by atoms with Gasteiger partial charge in [-0.15, -0.1) is 11.8 Å². The first-order valence-corrected chi connectivity index (χ1v) is 17.0. The van der Waals surface area contributed by atoms with Gasteiger partial charge in [0.1, 0.15) is 11.8 Å². The number of rotatable bonds is 8. The molecule has 2 saturated heterocycles. The number of para-hydroxylation sites is 1. The van der Waals surface area contributed by atoms with E-state index in [2.05, 4.69) is 0 Å². The number of amides is 3. The van der Waals surface area contributed by atoms with Crippen molar-refractivity contribution in [2.24, 2.45) is 17.8 Å². The van der Waals surface area contributed by atoms with E-state index >= 15 is 0 Å². The molecule has 45 heavy (non-hydrogen) atoms. The Balaban J connectivity index is 1.46. The Hall–Kier alpha value is -3.27. The number of benzene rings is 2. The van der Waals surface area contributed by atoms with E-state index < -0.39 is 28.7 Å². The molecule has 4 heterocycles. The lowest BCUT2D eigenvalue weighted by atomic mass is 9.78.